The molecule has 0 saturated carbocycles. The van der Waals surface area contributed by atoms with Crippen LogP contribution in [0, 0.1) is 0 Å². The fourth-order valence-electron chi connectivity index (χ4n) is 0.683. The molecule has 0 spiro atoms. The number of aliphatic carboxylic acids is 1. The predicted molar refractivity (Wildman–Crippen MR) is 39.9 cm³/mol. The Morgan fingerprint density at radius 1 is 1.21 bits per heavy atom. The Balaban J connectivity index is 4.60. The molecule has 14 heavy (non-hydrogen) atoms. The zero-order valence-electron chi connectivity index (χ0n) is 6.98. The highest BCUT2D eigenvalue weighted by Gasteiger charge is 2.47. The van der Waals surface area contributed by atoms with Crippen LogP contribution in [0.1, 0.15) is 0 Å². The van der Waals surface area contributed by atoms with E-state index < -0.39 is 36.7 Å². The van der Waals surface area contributed by atoms with E-state index >= 15 is 0 Å². The molecule has 7 N–H and O–H groups in total. The van der Waals surface area contributed by atoms with Gasteiger partial charge in [-0.3, -0.25) is 0 Å². The Morgan fingerprint density at radius 3 is 1.93 bits per heavy atom. The lowest BCUT2D eigenvalue weighted by molar-refractivity contribution is -0.259. The van der Waals surface area contributed by atoms with E-state index in [1.165, 1.54) is 0 Å². The van der Waals surface area contributed by atoms with E-state index in [1.54, 1.807) is 0 Å². The van der Waals surface area contributed by atoms with Gasteiger partial charge in [0.25, 0.3) is 5.79 Å². The molecular formula is C6H12O8. The molecule has 0 bridgehead atoms. The molecule has 0 aromatic heterocycles. The van der Waals surface area contributed by atoms with E-state index in [2.05, 4.69) is 0 Å². The average molecular weight is 212 g/mol. The molecule has 0 saturated heterocycles. The highest BCUT2D eigenvalue weighted by molar-refractivity contribution is 5.75. The van der Waals surface area contributed by atoms with E-state index in [-0.39, 0.29) is 0 Å². The molecule has 8 nitrogen and oxygen atoms in total. The topological polar surface area (TPSA) is 159 Å². The van der Waals surface area contributed by atoms with Crippen molar-refractivity contribution in [3.05, 3.63) is 0 Å². The Bertz CT molecular complexity index is 202. The summed E-state index contributed by atoms with van der Waals surface area (Å²) in [5.41, 5.74) is 0. The zero-order chi connectivity index (χ0) is 11.5. The molecule has 0 aromatic carbocycles. The summed E-state index contributed by atoms with van der Waals surface area (Å²) in [6.07, 6.45) is -6.60. The third-order valence-electron chi connectivity index (χ3n) is 1.63. The summed E-state index contributed by atoms with van der Waals surface area (Å²) in [4.78, 5) is 10.2. The average Bonchev–Trinajstić information content (AvgIpc) is 2.13. The van der Waals surface area contributed by atoms with Crippen molar-refractivity contribution in [2.24, 2.45) is 0 Å². The largest absolute Gasteiger partial charge is 0.477 e. The lowest BCUT2D eigenvalue weighted by atomic mass is 10.0. The first kappa shape index (κ1) is 13.2. The number of carbonyl (C=O) groups is 1. The minimum Gasteiger partial charge on any atom is -0.477 e. The smallest absolute Gasteiger partial charge is 0.367 e. The van der Waals surface area contributed by atoms with Gasteiger partial charge in [-0.25, -0.2) is 4.79 Å². The van der Waals surface area contributed by atoms with E-state index in [9.17, 15) is 4.79 Å². The van der Waals surface area contributed by atoms with Crippen molar-refractivity contribution in [3.63, 3.8) is 0 Å². The molecule has 0 unspecified atom stereocenters. The summed E-state index contributed by atoms with van der Waals surface area (Å²) in [5.74, 6) is -5.77. The first-order chi connectivity index (χ1) is 6.25. The highest BCUT2D eigenvalue weighted by Crippen LogP contribution is 2.13. The van der Waals surface area contributed by atoms with Gasteiger partial charge < -0.3 is 35.7 Å². The van der Waals surface area contributed by atoms with Crippen molar-refractivity contribution in [1.29, 1.82) is 0 Å². The third-order valence-corrected chi connectivity index (χ3v) is 1.63. The van der Waals surface area contributed by atoms with Gasteiger partial charge in [-0.2, -0.15) is 0 Å². The van der Waals surface area contributed by atoms with Crippen LogP contribution in [0.2, 0.25) is 0 Å². The van der Waals surface area contributed by atoms with Gasteiger partial charge in [0.2, 0.25) is 0 Å². The number of rotatable bonds is 5. The number of carboxylic acid groups (broad SMARTS) is 1. The summed E-state index contributed by atoms with van der Waals surface area (Å²) in [6, 6.07) is 0. The number of carboxylic acids is 1. The molecule has 0 aromatic rings. The Kier molecular flexibility index (Phi) is 4.39. The molecule has 8 heteroatoms. The monoisotopic (exact) mass is 212 g/mol. The lowest BCUT2D eigenvalue weighted by Gasteiger charge is -2.28. The Hall–Kier alpha value is -0.770. The fourth-order valence-corrected chi connectivity index (χ4v) is 0.683. The minimum atomic E-state index is -3.59. The predicted octanol–water partition coefficient (Wildman–Crippen LogP) is -4.17. The van der Waals surface area contributed by atoms with Crippen molar-refractivity contribution in [3.8, 4) is 0 Å². The van der Waals surface area contributed by atoms with Gasteiger partial charge in [-0.15, -0.1) is 0 Å². The van der Waals surface area contributed by atoms with Crippen LogP contribution in [-0.4, -0.2) is 72.4 Å². The fraction of sp³-hybridized carbons (Fsp3) is 0.833. The standard InChI is InChI=1S/C6H12O8/c7-1-2(8)3(9)4(10)6(13,14)5(11)12/h2-4,7-10,13-14H,1H2,(H,11,12)/t2-,3+,4+/m1/s1. The Labute approximate surface area is 78.3 Å². The summed E-state index contributed by atoms with van der Waals surface area (Å²) >= 11 is 0. The van der Waals surface area contributed by atoms with E-state index in [4.69, 9.17) is 35.7 Å². The van der Waals surface area contributed by atoms with Crippen LogP contribution in [0.4, 0.5) is 0 Å². The first-order valence-electron chi connectivity index (χ1n) is 3.58. The summed E-state index contributed by atoms with van der Waals surface area (Å²) in [5, 5.41) is 60.6. The van der Waals surface area contributed by atoms with Crippen LogP contribution in [0.5, 0.6) is 0 Å². The van der Waals surface area contributed by atoms with Crippen LogP contribution < -0.4 is 0 Å². The van der Waals surface area contributed by atoms with Gasteiger partial charge in [-0.1, -0.05) is 0 Å². The molecule has 0 aliphatic carbocycles. The molecule has 0 heterocycles. The molecule has 0 fully saturated rings. The van der Waals surface area contributed by atoms with Crippen LogP contribution in [0.3, 0.4) is 0 Å². The molecule has 0 amide bonds. The zero-order valence-corrected chi connectivity index (χ0v) is 6.98. The van der Waals surface area contributed by atoms with Gasteiger partial charge >= 0.3 is 5.97 Å². The summed E-state index contributed by atoms with van der Waals surface area (Å²) in [6.45, 7) is -0.964. The summed E-state index contributed by atoms with van der Waals surface area (Å²) in [7, 11) is 0. The number of aliphatic hydroxyl groups is 6. The van der Waals surface area contributed by atoms with E-state index in [1.807, 2.05) is 0 Å². The lowest BCUT2D eigenvalue weighted by Crippen LogP contribution is -2.58. The van der Waals surface area contributed by atoms with Gasteiger partial charge in [-0.05, 0) is 0 Å². The first-order valence-corrected chi connectivity index (χ1v) is 3.58. The SMILES string of the molecule is O=C(O)C(O)(O)[C@@H](O)[C@@H](O)[C@H](O)CO. The third kappa shape index (κ3) is 2.61. The molecule has 0 aliphatic rings. The van der Waals surface area contributed by atoms with Gasteiger partial charge in [0.05, 0.1) is 6.61 Å². The van der Waals surface area contributed by atoms with Crippen molar-refractivity contribution in [2.75, 3.05) is 6.61 Å². The summed E-state index contributed by atoms with van der Waals surface area (Å²) < 4.78 is 0. The minimum absolute atomic E-state index is 0.964. The molecule has 3 atom stereocenters. The van der Waals surface area contributed by atoms with Crippen LogP contribution in [0.25, 0.3) is 0 Å². The molecule has 0 rings (SSSR count). The van der Waals surface area contributed by atoms with Crippen molar-refractivity contribution >= 4 is 5.97 Å². The maximum Gasteiger partial charge on any atom is 0.367 e. The van der Waals surface area contributed by atoms with Crippen LogP contribution >= 0.6 is 0 Å². The van der Waals surface area contributed by atoms with Crippen molar-refractivity contribution < 1.29 is 40.5 Å². The van der Waals surface area contributed by atoms with Gasteiger partial charge in [0, 0.05) is 0 Å². The van der Waals surface area contributed by atoms with Crippen molar-refractivity contribution in [1.82, 2.24) is 0 Å². The van der Waals surface area contributed by atoms with Crippen molar-refractivity contribution in [2.45, 2.75) is 24.1 Å². The molecule has 0 aliphatic heterocycles. The maximum absolute atomic E-state index is 10.2. The number of hydrogen-bond donors (Lipinski definition) is 7. The van der Waals surface area contributed by atoms with Crippen LogP contribution in [-0.2, 0) is 4.79 Å². The number of hydrogen-bond acceptors (Lipinski definition) is 7. The Morgan fingerprint density at radius 2 is 1.64 bits per heavy atom. The molecular weight excluding hydrogens is 200 g/mol. The molecule has 84 valence electrons. The molecule has 0 radical (unpaired) electrons. The van der Waals surface area contributed by atoms with Gasteiger partial charge in [0.15, 0.2) is 0 Å². The van der Waals surface area contributed by atoms with E-state index in [0.29, 0.717) is 0 Å². The van der Waals surface area contributed by atoms with Gasteiger partial charge in [0.1, 0.15) is 18.3 Å². The van der Waals surface area contributed by atoms with Crippen LogP contribution in [0.15, 0.2) is 0 Å². The quantitative estimate of drug-likeness (QED) is 0.226. The second-order valence-electron chi connectivity index (χ2n) is 2.72. The normalized spacial score (nSPS) is 18.7. The highest BCUT2D eigenvalue weighted by atomic mass is 16.6. The second kappa shape index (κ2) is 4.64. The van der Waals surface area contributed by atoms with E-state index in [0.717, 1.165) is 0 Å². The maximum atomic E-state index is 10.2. The number of aliphatic hydroxyl groups excluding tert-OH is 4. The second-order valence-corrected chi connectivity index (χ2v) is 2.72.